The van der Waals surface area contributed by atoms with Crippen molar-refractivity contribution in [1.29, 1.82) is 0 Å². The Hall–Kier alpha value is -1.92. The van der Waals surface area contributed by atoms with Gasteiger partial charge in [0.15, 0.2) is 0 Å². The average Bonchev–Trinajstić information content (AvgIpc) is 2.51. The first-order valence-electron chi connectivity index (χ1n) is 8.02. The molecule has 0 atom stereocenters. The van der Waals surface area contributed by atoms with Crippen LogP contribution in [0.5, 0.6) is 0 Å². The minimum atomic E-state index is -0.479. The highest BCUT2D eigenvalue weighted by atomic mass is 16.3. The molecule has 128 valence electrons. The summed E-state index contributed by atoms with van der Waals surface area (Å²) in [5.74, 6) is -0.498. The van der Waals surface area contributed by atoms with Crippen LogP contribution in [0, 0.1) is 0 Å². The van der Waals surface area contributed by atoms with E-state index >= 15 is 0 Å². The van der Waals surface area contributed by atoms with Crippen LogP contribution in [-0.2, 0) is 4.79 Å². The lowest BCUT2D eigenvalue weighted by atomic mass is 10.1. The van der Waals surface area contributed by atoms with Gasteiger partial charge >= 0.3 is 0 Å². The van der Waals surface area contributed by atoms with E-state index in [9.17, 15) is 9.59 Å². The van der Waals surface area contributed by atoms with Gasteiger partial charge in [-0.15, -0.1) is 0 Å². The van der Waals surface area contributed by atoms with Crippen molar-refractivity contribution in [3.8, 4) is 0 Å². The molecule has 0 fully saturated rings. The van der Waals surface area contributed by atoms with Gasteiger partial charge in [-0.3, -0.25) is 9.59 Å². The van der Waals surface area contributed by atoms with Gasteiger partial charge in [0, 0.05) is 24.2 Å². The predicted octanol–water partition coefficient (Wildman–Crippen LogP) is 1.60. The fourth-order valence-electron chi connectivity index (χ4n) is 2.24. The van der Waals surface area contributed by atoms with Crippen LogP contribution in [0.4, 0.5) is 5.69 Å². The molecular formula is C17H27N3O3. The summed E-state index contributed by atoms with van der Waals surface area (Å²) in [5.41, 5.74) is 6.26. The Balaban J connectivity index is 2.13. The molecule has 6 heteroatoms. The van der Waals surface area contributed by atoms with Gasteiger partial charge in [0.05, 0.1) is 6.61 Å². The van der Waals surface area contributed by atoms with Gasteiger partial charge in [-0.05, 0) is 50.7 Å². The smallest absolute Gasteiger partial charge is 0.248 e. The Morgan fingerprint density at radius 1 is 1.09 bits per heavy atom. The summed E-state index contributed by atoms with van der Waals surface area (Å²) in [7, 11) is 1.99. The molecule has 0 aromatic heterocycles. The number of carbonyl (C=O) groups is 2. The second-order valence-electron chi connectivity index (χ2n) is 5.68. The van der Waals surface area contributed by atoms with Crippen LogP contribution < -0.4 is 11.1 Å². The molecule has 1 aromatic carbocycles. The first kappa shape index (κ1) is 19.1. The molecule has 0 bridgehead atoms. The van der Waals surface area contributed by atoms with E-state index in [4.69, 9.17) is 10.8 Å². The van der Waals surface area contributed by atoms with Gasteiger partial charge in [0.1, 0.15) is 0 Å². The SMILES string of the molecule is CN(CCO)CCCCCCC(=O)Nc1ccc(C(N)=O)cc1. The Bertz CT molecular complexity index is 488. The summed E-state index contributed by atoms with van der Waals surface area (Å²) in [4.78, 5) is 24.9. The number of hydrogen-bond acceptors (Lipinski definition) is 4. The minimum Gasteiger partial charge on any atom is -0.395 e. The number of nitrogens with one attached hydrogen (secondary N) is 1. The molecule has 2 amide bonds. The number of hydrogen-bond donors (Lipinski definition) is 3. The number of unbranched alkanes of at least 4 members (excludes halogenated alkanes) is 3. The minimum absolute atomic E-state index is 0.0192. The molecule has 4 N–H and O–H groups in total. The molecule has 6 nitrogen and oxygen atoms in total. The Kier molecular flexibility index (Phi) is 8.94. The number of nitrogens with two attached hydrogens (primary N) is 1. The molecule has 0 unspecified atom stereocenters. The van der Waals surface area contributed by atoms with E-state index in [1.165, 1.54) is 0 Å². The molecule has 0 heterocycles. The van der Waals surface area contributed by atoms with Crippen molar-refractivity contribution in [3.63, 3.8) is 0 Å². The van der Waals surface area contributed by atoms with Crippen molar-refractivity contribution in [1.82, 2.24) is 4.90 Å². The Morgan fingerprint density at radius 3 is 2.35 bits per heavy atom. The average molecular weight is 321 g/mol. The lowest BCUT2D eigenvalue weighted by molar-refractivity contribution is -0.116. The topological polar surface area (TPSA) is 95.7 Å². The highest BCUT2D eigenvalue weighted by molar-refractivity contribution is 5.94. The zero-order valence-corrected chi connectivity index (χ0v) is 13.8. The number of benzene rings is 1. The molecule has 0 aliphatic heterocycles. The van der Waals surface area contributed by atoms with Gasteiger partial charge < -0.3 is 21.1 Å². The summed E-state index contributed by atoms with van der Waals surface area (Å²) in [6, 6.07) is 6.55. The molecule has 0 saturated carbocycles. The second kappa shape index (κ2) is 10.7. The number of carbonyl (C=O) groups excluding carboxylic acids is 2. The highest BCUT2D eigenvalue weighted by Crippen LogP contribution is 2.11. The van der Waals surface area contributed by atoms with Crippen molar-refractivity contribution >= 4 is 17.5 Å². The van der Waals surface area contributed by atoms with Gasteiger partial charge in [-0.2, -0.15) is 0 Å². The molecule has 0 radical (unpaired) electrons. The number of aliphatic hydroxyl groups excluding tert-OH is 1. The largest absolute Gasteiger partial charge is 0.395 e. The molecular weight excluding hydrogens is 294 g/mol. The monoisotopic (exact) mass is 321 g/mol. The van der Waals surface area contributed by atoms with E-state index in [1.54, 1.807) is 24.3 Å². The predicted molar refractivity (Wildman–Crippen MR) is 91.3 cm³/mol. The lowest BCUT2D eigenvalue weighted by Gasteiger charge is -2.14. The second-order valence-corrected chi connectivity index (χ2v) is 5.68. The van der Waals surface area contributed by atoms with Crippen molar-refractivity contribution < 1.29 is 14.7 Å². The summed E-state index contributed by atoms with van der Waals surface area (Å²) < 4.78 is 0. The first-order valence-corrected chi connectivity index (χ1v) is 8.02. The highest BCUT2D eigenvalue weighted by Gasteiger charge is 2.04. The van der Waals surface area contributed by atoms with E-state index in [-0.39, 0.29) is 12.5 Å². The number of aliphatic hydroxyl groups is 1. The fraction of sp³-hybridized carbons (Fsp3) is 0.529. The van der Waals surface area contributed by atoms with Gasteiger partial charge in [0.25, 0.3) is 0 Å². The van der Waals surface area contributed by atoms with Crippen molar-refractivity contribution in [2.45, 2.75) is 32.1 Å². The Labute approximate surface area is 137 Å². The van der Waals surface area contributed by atoms with Crippen LogP contribution in [0.25, 0.3) is 0 Å². The Morgan fingerprint density at radius 2 is 1.74 bits per heavy atom. The van der Waals surface area contributed by atoms with Crippen LogP contribution in [0.3, 0.4) is 0 Å². The maximum atomic E-state index is 11.8. The maximum absolute atomic E-state index is 11.8. The van der Waals surface area contributed by atoms with Crippen LogP contribution in [0.15, 0.2) is 24.3 Å². The molecule has 0 spiro atoms. The summed E-state index contributed by atoms with van der Waals surface area (Å²) >= 11 is 0. The molecule has 1 rings (SSSR count). The van der Waals surface area contributed by atoms with E-state index in [2.05, 4.69) is 10.2 Å². The van der Waals surface area contributed by atoms with Crippen molar-refractivity contribution in [3.05, 3.63) is 29.8 Å². The van der Waals surface area contributed by atoms with Gasteiger partial charge in [-0.25, -0.2) is 0 Å². The zero-order chi connectivity index (χ0) is 17.1. The van der Waals surface area contributed by atoms with Gasteiger partial charge in [0.2, 0.25) is 11.8 Å². The van der Waals surface area contributed by atoms with Crippen molar-refractivity contribution in [2.24, 2.45) is 5.73 Å². The summed E-state index contributed by atoms with van der Waals surface area (Å²) in [6.45, 7) is 1.87. The van der Waals surface area contributed by atoms with Crippen LogP contribution in [0.1, 0.15) is 42.5 Å². The number of rotatable bonds is 11. The number of primary amides is 1. The van der Waals surface area contributed by atoms with Crippen molar-refractivity contribution in [2.75, 3.05) is 32.1 Å². The summed E-state index contributed by atoms with van der Waals surface area (Å²) in [5, 5.41) is 11.6. The third-order valence-electron chi connectivity index (χ3n) is 3.63. The van der Waals surface area contributed by atoms with Crippen LogP contribution in [-0.4, -0.2) is 48.6 Å². The lowest BCUT2D eigenvalue weighted by Crippen LogP contribution is -2.23. The fourth-order valence-corrected chi connectivity index (χ4v) is 2.24. The summed E-state index contributed by atoms with van der Waals surface area (Å²) in [6.07, 6.45) is 4.52. The third kappa shape index (κ3) is 8.32. The number of nitrogens with zero attached hydrogens (tertiary/aromatic N) is 1. The quantitative estimate of drug-likeness (QED) is 0.539. The molecule has 23 heavy (non-hydrogen) atoms. The van der Waals surface area contributed by atoms with Gasteiger partial charge in [-0.1, -0.05) is 12.8 Å². The number of anilines is 1. The first-order chi connectivity index (χ1) is 11.0. The van der Waals surface area contributed by atoms with Crippen LogP contribution >= 0.6 is 0 Å². The van der Waals surface area contributed by atoms with E-state index < -0.39 is 5.91 Å². The third-order valence-corrected chi connectivity index (χ3v) is 3.63. The molecule has 0 aliphatic carbocycles. The maximum Gasteiger partial charge on any atom is 0.248 e. The van der Waals surface area contributed by atoms with E-state index in [0.717, 1.165) is 32.2 Å². The van der Waals surface area contributed by atoms with Crippen LogP contribution in [0.2, 0.25) is 0 Å². The molecule has 0 aliphatic rings. The number of likely N-dealkylation sites (N-methyl/N-ethyl adjacent to an activating group) is 1. The van der Waals surface area contributed by atoms with E-state index in [0.29, 0.717) is 24.2 Å². The molecule has 1 aromatic rings. The molecule has 0 saturated heterocycles. The zero-order valence-electron chi connectivity index (χ0n) is 13.8. The normalized spacial score (nSPS) is 10.7. The number of amides is 2. The standard InChI is InChI=1S/C17H27N3O3/c1-20(12-13-21)11-5-3-2-4-6-16(22)19-15-9-7-14(8-10-15)17(18)23/h7-10,21H,2-6,11-13H2,1H3,(H2,18,23)(H,19,22). The van der Waals surface area contributed by atoms with E-state index in [1.807, 2.05) is 7.05 Å².